The van der Waals surface area contributed by atoms with E-state index in [1.54, 1.807) is 0 Å². The van der Waals surface area contributed by atoms with Crippen molar-refractivity contribution in [1.29, 1.82) is 0 Å². The number of ether oxygens (including phenoxy) is 2. The smallest absolute Gasteiger partial charge is 0.229 e. The Hall–Kier alpha value is -3.35. The molecule has 2 aromatic rings. The lowest BCUT2D eigenvalue weighted by atomic mass is 9.99. The highest BCUT2D eigenvalue weighted by atomic mass is 16.7. The van der Waals surface area contributed by atoms with Crippen LogP contribution in [0.4, 0.5) is 0 Å². The van der Waals surface area contributed by atoms with Crippen LogP contribution in [0.3, 0.4) is 0 Å². The first-order chi connectivity index (χ1) is 15.1. The predicted molar refractivity (Wildman–Crippen MR) is 107 cm³/mol. The molecule has 1 heterocycles. The molecule has 0 aromatic heterocycles. The van der Waals surface area contributed by atoms with Gasteiger partial charge in [-0.05, 0) is 23.8 Å². The first-order valence-corrected chi connectivity index (χ1v) is 9.40. The normalized spacial score (nSPS) is 25.7. The first kappa shape index (κ1) is 23.3. The average molecular weight is 450 g/mol. The summed E-state index contributed by atoms with van der Waals surface area (Å²) in [5, 5.41) is 78.0. The van der Waals surface area contributed by atoms with E-state index in [4.69, 9.17) is 9.47 Å². The van der Waals surface area contributed by atoms with E-state index in [1.165, 1.54) is 24.3 Å². The number of benzene rings is 2. The molecule has 172 valence electrons. The third-order valence-electron chi connectivity index (χ3n) is 4.84. The van der Waals surface area contributed by atoms with Crippen molar-refractivity contribution in [1.82, 2.24) is 0 Å². The maximum atomic E-state index is 12.4. The van der Waals surface area contributed by atoms with Gasteiger partial charge in [-0.2, -0.15) is 0 Å². The summed E-state index contributed by atoms with van der Waals surface area (Å²) in [7, 11) is 0. The maximum absolute atomic E-state index is 12.4. The van der Waals surface area contributed by atoms with Crippen LogP contribution in [0.15, 0.2) is 36.4 Å². The lowest BCUT2D eigenvalue weighted by Gasteiger charge is -2.39. The molecule has 0 aliphatic carbocycles. The molecule has 0 bridgehead atoms. The summed E-state index contributed by atoms with van der Waals surface area (Å²) in [6.45, 7) is -0.667. The fraction of sp³-hybridized carbons (Fsp3) is 0.286. The van der Waals surface area contributed by atoms with Gasteiger partial charge in [0, 0.05) is 12.1 Å². The second-order valence-electron chi connectivity index (χ2n) is 7.10. The molecule has 1 aliphatic rings. The van der Waals surface area contributed by atoms with Gasteiger partial charge in [0.2, 0.25) is 6.29 Å². The number of allylic oxidation sites excluding steroid dienone is 1. The van der Waals surface area contributed by atoms with Crippen LogP contribution < -0.4 is 4.74 Å². The summed E-state index contributed by atoms with van der Waals surface area (Å²) in [4.78, 5) is 12.4. The standard InChI is InChI=1S/C21H22O11/c22-8-16-18(28)19(29)20(30)21(32-16)31-10-6-14(26)17(15(27)7-10)12(24)4-2-9-1-3-11(23)13(25)5-9/h1-7,16,18-23,25-30H,8H2/b4-2+/t16?,18-,19?,20?,21+/m1/s1. The van der Waals surface area contributed by atoms with Crippen molar-refractivity contribution in [2.75, 3.05) is 6.61 Å². The molecule has 0 saturated carbocycles. The van der Waals surface area contributed by atoms with Gasteiger partial charge in [0.15, 0.2) is 17.3 Å². The number of phenols is 4. The molecule has 3 rings (SSSR count). The van der Waals surface area contributed by atoms with Gasteiger partial charge in [0.05, 0.1) is 6.61 Å². The van der Waals surface area contributed by atoms with Crippen LogP contribution in [0, 0.1) is 0 Å². The lowest BCUT2D eigenvalue weighted by Crippen LogP contribution is -2.60. The van der Waals surface area contributed by atoms with E-state index in [2.05, 4.69) is 0 Å². The Morgan fingerprint density at radius 1 is 0.906 bits per heavy atom. The van der Waals surface area contributed by atoms with Gasteiger partial charge in [-0.1, -0.05) is 12.1 Å². The van der Waals surface area contributed by atoms with Crippen LogP contribution in [0.1, 0.15) is 15.9 Å². The summed E-state index contributed by atoms with van der Waals surface area (Å²) in [6.07, 6.45) is -5.42. The number of aliphatic hydroxyl groups excluding tert-OH is 4. The molecule has 3 unspecified atom stereocenters. The zero-order valence-corrected chi connectivity index (χ0v) is 16.4. The third kappa shape index (κ3) is 4.77. The van der Waals surface area contributed by atoms with E-state index < -0.39 is 60.2 Å². The van der Waals surface area contributed by atoms with Crippen molar-refractivity contribution in [3.05, 3.63) is 47.5 Å². The highest BCUT2D eigenvalue weighted by Gasteiger charge is 2.44. The number of carbonyl (C=O) groups excluding carboxylic acids is 1. The van der Waals surface area contributed by atoms with Gasteiger partial charge in [0.25, 0.3) is 0 Å². The zero-order valence-electron chi connectivity index (χ0n) is 16.4. The molecule has 11 heteroatoms. The molecule has 0 radical (unpaired) electrons. The monoisotopic (exact) mass is 450 g/mol. The predicted octanol–water partition coefficient (Wildman–Crippen LogP) is -0.416. The van der Waals surface area contributed by atoms with Gasteiger partial charge in [-0.15, -0.1) is 0 Å². The molecule has 0 spiro atoms. The molecule has 1 saturated heterocycles. The van der Waals surface area contributed by atoms with Crippen LogP contribution in [-0.4, -0.2) is 83.9 Å². The highest BCUT2D eigenvalue weighted by molar-refractivity contribution is 6.10. The summed E-state index contributed by atoms with van der Waals surface area (Å²) >= 11 is 0. The van der Waals surface area contributed by atoms with Crippen molar-refractivity contribution >= 4 is 11.9 Å². The van der Waals surface area contributed by atoms with Gasteiger partial charge in [-0.25, -0.2) is 0 Å². The Morgan fingerprint density at radius 2 is 1.56 bits per heavy atom. The van der Waals surface area contributed by atoms with E-state index in [0.717, 1.165) is 18.2 Å². The Bertz CT molecular complexity index is 994. The maximum Gasteiger partial charge on any atom is 0.229 e. The van der Waals surface area contributed by atoms with E-state index >= 15 is 0 Å². The quantitative estimate of drug-likeness (QED) is 0.162. The number of hydrogen-bond acceptors (Lipinski definition) is 11. The molecule has 11 nitrogen and oxygen atoms in total. The summed E-state index contributed by atoms with van der Waals surface area (Å²) in [6, 6.07) is 5.79. The second-order valence-corrected chi connectivity index (χ2v) is 7.10. The summed E-state index contributed by atoms with van der Waals surface area (Å²) in [5.74, 6) is -3.06. The number of phenolic OH excluding ortho intramolecular Hbond substituents is 4. The molecular weight excluding hydrogens is 428 g/mol. The van der Waals surface area contributed by atoms with E-state index in [9.17, 15) is 45.6 Å². The Balaban J connectivity index is 1.78. The number of aliphatic hydroxyl groups is 4. The average Bonchev–Trinajstić information content (AvgIpc) is 2.74. The molecular formula is C21H22O11. The molecule has 1 fully saturated rings. The van der Waals surface area contributed by atoms with Crippen molar-refractivity contribution in [3.63, 3.8) is 0 Å². The zero-order chi connectivity index (χ0) is 23.6. The van der Waals surface area contributed by atoms with Crippen LogP contribution in [-0.2, 0) is 4.74 Å². The molecule has 0 amide bonds. The topological polar surface area (TPSA) is 197 Å². The fourth-order valence-corrected chi connectivity index (χ4v) is 3.11. The van der Waals surface area contributed by atoms with Crippen molar-refractivity contribution in [3.8, 4) is 28.7 Å². The van der Waals surface area contributed by atoms with Gasteiger partial charge < -0.3 is 50.3 Å². The number of ketones is 1. The minimum atomic E-state index is -1.71. The molecule has 1 aliphatic heterocycles. The minimum absolute atomic E-state index is 0.228. The molecule has 5 atom stereocenters. The van der Waals surface area contributed by atoms with Crippen LogP contribution in [0.2, 0.25) is 0 Å². The molecule has 32 heavy (non-hydrogen) atoms. The minimum Gasteiger partial charge on any atom is -0.507 e. The fourth-order valence-electron chi connectivity index (χ4n) is 3.11. The van der Waals surface area contributed by atoms with Crippen molar-refractivity contribution in [2.24, 2.45) is 0 Å². The lowest BCUT2D eigenvalue weighted by molar-refractivity contribution is -0.277. The van der Waals surface area contributed by atoms with Crippen LogP contribution >= 0.6 is 0 Å². The van der Waals surface area contributed by atoms with Crippen LogP contribution in [0.5, 0.6) is 28.7 Å². The number of carbonyl (C=O) groups is 1. The Labute approximate surface area is 181 Å². The molecule has 8 N–H and O–H groups in total. The van der Waals surface area contributed by atoms with Crippen LogP contribution in [0.25, 0.3) is 6.08 Å². The summed E-state index contributed by atoms with van der Waals surface area (Å²) in [5.41, 5.74) is -0.0828. The molecule has 2 aromatic carbocycles. The highest BCUT2D eigenvalue weighted by Crippen LogP contribution is 2.35. The Morgan fingerprint density at radius 3 is 2.16 bits per heavy atom. The van der Waals surface area contributed by atoms with E-state index in [-0.39, 0.29) is 17.2 Å². The van der Waals surface area contributed by atoms with Gasteiger partial charge in [0.1, 0.15) is 47.2 Å². The van der Waals surface area contributed by atoms with Gasteiger partial charge >= 0.3 is 0 Å². The number of hydrogen-bond donors (Lipinski definition) is 8. The van der Waals surface area contributed by atoms with Crippen molar-refractivity contribution < 1.29 is 55.1 Å². The first-order valence-electron chi connectivity index (χ1n) is 9.40. The largest absolute Gasteiger partial charge is 0.507 e. The number of aromatic hydroxyl groups is 4. The number of rotatable bonds is 6. The third-order valence-corrected chi connectivity index (χ3v) is 4.84. The summed E-state index contributed by atoms with van der Waals surface area (Å²) < 4.78 is 10.5. The van der Waals surface area contributed by atoms with E-state index in [0.29, 0.717) is 5.56 Å². The SMILES string of the molecule is O=C(/C=C/c1ccc(O)c(O)c1)c1c(O)cc(O[C@H]2OC(CO)[C@@H](O)C(O)C2O)cc1O. The second kappa shape index (κ2) is 9.42. The Kier molecular flexibility index (Phi) is 6.87. The van der Waals surface area contributed by atoms with E-state index in [1.807, 2.05) is 0 Å². The van der Waals surface area contributed by atoms with Gasteiger partial charge in [-0.3, -0.25) is 4.79 Å². The van der Waals surface area contributed by atoms with Crippen molar-refractivity contribution in [2.45, 2.75) is 30.7 Å².